The van der Waals surface area contributed by atoms with E-state index in [1.807, 2.05) is 12.1 Å². The van der Waals surface area contributed by atoms with E-state index in [1.54, 1.807) is 0 Å². The van der Waals surface area contributed by atoms with Crippen LogP contribution in [0.3, 0.4) is 0 Å². The van der Waals surface area contributed by atoms with Gasteiger partial charge in [-0.3, -0.25) is 4.57 Å². The Hall–Kier alpha value is -5.41. The summed E-state index contributed by atoms with van der Waals surface area (Å²) >= 11 is 0. The lowest BCUT2D eigenvalue weighted by Gasteiger charge is -2.11. The molecular weight excluding hydrogens is 486 g/mol. The van der Waals surface area contributed by atoms with Crippen LogP contribution in [0.15, 0.2) is 128 Å². The molecule has 8 aromatic rings. The Morgan fingerprint density at radius 3 is 2.23 bits per heavy atom. The van der Waals surface area contributed by atoms with Gasteiger partial charge in [0.25, 0.3) is 0 Å². The molecule has 0 radical (unpaired) electrons. The molecule has 40 heavy (non-hydrogen) atoms. The van der Waals surface area contributed by atoms with Gasteiger partial charge in [0.2, 0.25) is 0 Å². The molecule has 0 fully saturated rings. The molecule has 0 atom stereocenters. The van der Waals surface area contributed by atoms with Crippen LogP contribution in [0.25, 0.3) is 78.9 Å². The zero-order valence-corrected chi connectivity index (χ0v) is 21.9. The molecular formula is C37H25N3. The second kappa shape index (κ2) is 8.55. The molecule has 8 rings (SSSR count). The summed E-state index contributed by atoms with van der Waals surface area (Å²) in [4.78, 5) is 5.16. The Bertz CT molecular complexity index is 2410. The van der Waals surface area contributed by atoms with Gasteiger partial charge in [-0.1, -0.05) is 98.1 Å². The van der Waals surface area contributed by atoms with Gasteiger partial charge in [-0.15, -0.1) is 0 Å². The van der Waals surface area contributed by atoms with Crippen molar-refractivity contribution in [2.24, 2.45) is 0 Å². The van der Waals surface area contributed by atoms with Crippen LogP contribution in [0.2, 0.25) is 0 Å². The Morgan fingerprint density at radius 2 is 1.38 bits per heavy atom. The average molecular weight is 512 g/mol. The minimum Gasteiger partial charge on any atom is -0.309 e. The van der Waals surface area contributed by atoms with Crippen LogP contribution in [-0.2, 0) is 0 Å². The van der Waals surface area contributed by atoms with E-state index in [0.29, 0.717) is 0 Å². The monoisotopic (exact) mass is 511 g/mol. The Kier molecular flexibility index (Phi) is 4.82. The summed E-state index contributed by atoms with van der Waals surface area (Å²) in [6, 6.07) is 40.6. The van der Waals surface area contributed by atoms with Crippen LogP contribution in [0.5, 0.6) is 0 Å². The van der Waals surface area contributed by atoms with Crippen molar-refractivity contribution in [2.45, 2.75) is 0 Å². The number of benzene rings is 4. The quantitative estimate of drug-likeness (QED) is 0.237. The van der Waals surface area contributed by atoms with Crippen LogP contribution in [0.1, 0.15) is 0 Å². The first-order valence-corrected chi connectivity index (χ1v) is 13.5. The number of pyridine rings is 2. The number of para-hydroxylation sites is 2. The van der Waals surface area contributed by atoms with Gasteiger partial charge in [0.1, 0.15) is 5.82 Å². The number of nitrogens with zero attached hydrogens (tertiary/aromatic N) is 3. The van der Waals surface area contributed by atoms with Crippen LogP contribution in [0, 0.1) is 0 Å². The molecule has 188 valence electrons. The van der Waals surface area contributed by atoms with E-state index in [0.717, 1.165) is 55.0 Å². The molecule has 0 N–H and O–H groups in total. The van der Waals surface area contributed by atoms with Crippen molar-refractivity contribution in [3.63, 3.8) is 0 Å². The number of hydrogen-bond donors (Lipinski definition) is 0. The third kappa shape index (κ3) is 3.15. The van der Waals surface area contributed by atoms with Gasteiger partial charge in [-0.2, -0.15) is 0 Å². The fourth-order valence-electron chi connectivity index (χ4n) is 6.21. The number of fused-ring (bicyclic) bond motifs is 8. The van der Waals surface area contributed by atoms with Crippen LogP contribution < -0.4 is 10.4 Å². The summed E-state index contributed by atoms with van der Waals surface area (Å²) in [7, 11) is 0. The van der Waals surface area contributed by atoms with Crippen LogP contribution in [0.4, 0.5) is 0 Å². The molecule has 3 nitrogen and oxygen atoms in total. The van der Waals surface area contributed by atoms with Crippen molar-refractivity contribution in [3.05, 3.63) is 138 Å². The zero-order chi connectivity index (χ0) is 26.8. The van der Waals surface area contributed by atoms with Gasteiger partial charge >= 0.3 is 0 Å². The first kappa shape index (κ1) is 22.6. The van der Waals surface area contributed by atoms with E-state index in [4.69, 9.17) is 4.98 Å². The van der Waals surface area contributed by atoms with Gasteiger partial charge in [-0.05, 0) is 52.9 Å². The predicted octanol–water partition coefficient (Wildman–Crippen LogP) is 7.78. The summed E-state index contributed by atoms with van der Waals surface area (Å²) in [5.41, 5.74) is 7.70. The molecule has 0 aliphatic heterocycles. The standard InChI is InChI=1S/C37H25N3/c1-3-12-27-24(2)34-21-26-15-7-9-18-32(26)39(34)35-23-36-30(22-29(27)35)28-16-8-10-19-33(28)40(36)37-20-11-17-31(38-37)25-13-5-4-6-14-25/h3-23H,1-2H2/b27-12+. The maximum atomic E-state index is 5.16. The summed E-state index contributed by atoms with van der Waals surface area (Å²) < 4.78 is 4.64. The Balaban J connectivity index is 1.57. The van der Waals surface area contributed by atoms with Crippen molar-refractivity contribution in [1.82, 2.24) is 14.0 Å². The average Bonchev–Trinajstić information content (AvgIpc) is 3.55. The van der Waals surface area contributed by atoms with Crippen molar-refractivity contribution < 1.29 is 0 Å². The molecule has 0 amide bonds. The lowest BCUT2D eigenvalue weighted by atomic mass is 10.1. The highest BCUT2D eigenvalue weighted by Crippen LogP contribution is 2.35. The predicted molar refractivity (Wildman–Crippen MR) is 169 cm³/mol. The normalized spacial score (nSPS) is 12.3. The van der Waals surface area contributed by atoms with E-state index in [1.165, 1.54) is 21.7 Å². The number of aromatic nitrogens is 3. The van der Waals surface area contributed by atoms with Crippen LogP contribution >= 0.6 is 0 Å². The smallest absolute Gasteiger partial charge is 0.138 e. The summed E-state index contributed by atoms with van der Waals surface area (Å²) in [6.07, 6.45) is 3.94. The second-order valence-electron chi connectivity index (χ2n) is 10.2. The molecule has 0 unspecified atom stereocenters. The van der Waals surface area contributed by atoms with E-state index < -0.39 is 0 Å². The molecule has 3 heteroatoms. The van der Waals surface area contributed by atoms with Gasteiger partial charge < -0.3 is 4.40 Å². The zero-order valence-electron chi connectivity index (χ0n) is 21.9. The molecule has 4 heterocycles. The Morgan fingerprint density at radius 1 is 0.600 bits per heavy atom. The van der Waals surface area contributed by atoms with E-state index in [9.17, 15) is 0 Å². The summed E-state index contributed by atoms with van der Waals surface area (Å²) in [5.74, 6) is 0.896. The first-order valence-electron chi connectivity index (χ1n) is 13.5. The van der Waals surface area contributed by atoms with Crippen molar-refractivity contribution >= 4 is 61.8 Å². The molecule has 0 spiro atoms. The lowest BCUT2D eigenvalue weighted by molar-refractivity contribution is 1.08. The fourth-order valence-corrected chi connectivity index (χ4v) is 6.21. The maximum absolute atomic E-state index is 5.16. The molecule has 0 saturated carbocycles. The highest BCUT2D eigenvalue weighted by molar-refractivity contribution is 6.14. The third-order valence-electron chi connectivity index (χ3n) is 7.98. The number of hydrogen-bond acceptors (Lipinski definition) is 1. The first-order chi connectivity index (χ1) is 19.7. The molecule has 0 aliphatic carbocycles. The van der Waals surface area contributed by atoms with E-state index >= 15 is 0 Å². The second-order valence-corrected chi connectivity index (χ2v) is 10.2. The Labute approximate surface area is 230 Å². The van der Waals surface area contributed by atoms with E-state index in [2.05, 4.69) is 137 Å². The topological polar surface area (TPSA) is 22.2 Å². The van der Waals surface area contributed by atoms with Crippen LogP contribution in [-0.4, -0.2) is 14.0 Å². The molecule has 4 aromatic heterocycles. The fraction of sp³-hybridized carbons (Fsp3) is 0. The van der Waals surface area contributed by atoms with Gasteiger partial charge in [0.05, 0.1) is 33.3 Å². The van der Waals surface area contributed by atoms with Crippen molar-refractivity contribution in [1.29, 1.82) is 0 Å². The van der Waals surface area contributed by atoms with Gasteiger partial charge in [-0.25, -0.2) is 4.98 Å². The largest absolute Gasteiger partial charge is 0.309 e. The van der Waals surface area contributed by atoms with Gasteiger partial charge in [0, 0.05) is 27.1 Å². The SMILES string of the molecule is C=C/C=c1\c(=C)c2cc3ccccc3n2c2cc3c(cc12)c1ccccc1n3-c1cccc(-c2ccccc2)n1. The highest BCUT2D eigenvalue weighted by Gasteiger charge is 2.17. The van der Waals surface area contributed by atoms with Gasteiger partial charge in [0.15, 0.2) is 0 Å². The lowest BCUT2D eigenvalue weighted by Crippen LogP contribution is -2.26. The third-order valence-corrected chi connectivity index (χ3v) is 7.98. The highest BCUT2D eigenvalue weighted by atomic mass is 15.1. The number of allylic oxidation sites excluding steroid dienone is 1. The molecule has 0 saturated heterocycles. The minimum atomic E-state index is 0.896. The molecule has 0 aliphatic rings. The number of rotatable bonds is 3. The van der Waals surface area contributed by atoms with Crippen molar-refractivity contribution in [2.75, 3.05) is 0 Å². The van der Waals surface area contributed by atoms with Crippen molar-refractivity contribution in [3.8, 4) is 17.1 Å². The maximum Gasteiger partial charge on any atom is 0.138 e. The minimum absolute atomic E-state index is 0.896. The summed E-state index contributed by atoms with van der Waals surface area (Å²) in [5, 5.41) is 6.83. The molecule has 4 aromatic carbocycles. The molecule has 0 bridgehead atoms. The summed E-state index contributed by atoms with van der Waals surface area (Å²) in [6.45, 7) is 8.54. The van der Waals surface area contributed by atoms with E-state index in [-0.39, 0.29) is 0 Å².